The maximum Gasteiger partial charge on any atom is 0.335 e. The summed E-state index contributed by atoms with van der Waals surface area (Å²) in [6.07, 6.45) is 0.308. The van der Waals surface area contributed by atoms with Crippen LogP contribution >= 0.6 is 11.6 Å². The Hall–Kier alpha value is -2.61. The van der Waals surface area contributed by atoms with Gasteiger partial charge < -0.3 is 14.7 Å². The lowest BCUT2D eigenvalue weighted by Gasteiger charge is -2.37. The smallest absolute Gasteiger partial charge is 0.335 e. The topological polar surface area (TPSA) is 133 Å². The van der Waals surface area contributed by atoms with E-state index in [4.69, 9.17) is 26.2 Å². The Labute approximate surface area is 240 Å². The number of amides is 2. The molecule has 2 aliphatic heterocycles. The molecule has 0 radical (unpaired) electrons. The normalized spacial score (nSPS) is 20.4. The summed E-state index contributed by atoms with van der Waals surface area (Å²) in [4.78, 5) is 39.0. The number of nitrogens with zero attached hydrogens (tertiary/aromatic N) is 3. The number of benzene rings is 2. The van der Waals surface area contributed by atoms with Gasteiger partial charge in [0.1, 0.15) is 12.1 Å². The molecule has 2 aromatic rings. The zero-order valence-corrected chi connectivity index (χ0v) is 24.7. The van der Waals surface area contributed by atoms with E-state index >= 15 is 0 Å². The van der Waals surface area contributed by atoms with E-state index in [1.165, 1.54) is 11.0 Å². The van der Waals surface area contributed by atoms with Crippen LogP contribution in [0.5, 0.6) is 0 Å². The molecule has 220 valence electrons. The van der Waals surface area contributed by atoms with Gasteiger partial charge in [-0.1, -0.05) is 23.7 Å². The van der Waals surface area contributed by atoms with Gasteiger partial charge in [0.05, 0.1) is 38.2 Å². The van der Waals surface area contributed by atoms with Crippen LogP contribution < -0.4 is 4.72 Å². The Kier molecular flexibility index (Phi) is 11.0. The van der Waals surface area contributed by atoms with Crippen LogP contribution in [-0.4, -0.2) is 118 Å². The molecule has 0 aromatic heterocycles. The zero-order chi connectivity index (χ0) is 29.5. The molecule has 40 heavy (non-hydrogen) atoms. The highest BCUT2D eigenvalue weighted by atomic mass is 35.5. The van der Waals surface area contributed by atoms with Gasteiger partial charge >= 0.3 is 5.91 Å². The number of halogens is 1. The van der Waals surface area contributed by atoms with E-state index in [0.29, 0.717) is 44.3 Å². The van der Waals surface area contributed by atoms with Crippen LogP contribution in [0.25, 0.3) is 10.8 Å². The predicted molar refractivity (Wildman–Crippen MR) is 151 cm³/mol. The Morgan fingerprint density at radius 2 is 1.82 bits per heavy atom. The summed E-state index contributed by atoms with van der Waals surface area (Å²) in [6, 6.07) is 8.43. The average Bonchev–Trinajstić information content (AvgIpc) is 3.30. The minimum absolute atomic E-state index is 0.0409. The van der Waals surface area contributed by atoms with E-state index in [-0.39, 0.29) is 27.7 Å². The highest BCUT2D eigenvalue weighted by Gasteiger charge is 2.44. The molecule has 0 spiro atoms. The fourth-order valence-corrected chi connectivity index (χ4v) is 6.45. The highest BCUT2D eigenvalue weighted by molar-refractivity contribution is 7.89. The summed E-state index contributed by atoms with van der Waals surface area (Å²) in [6.45, 7) is 8.93. The lowest BCUT2D eigenvalue weighted by molar-refractivity contribution is -0.833. The monoisotopic (exact) mass is 597 g/mol. The molecule has 2 aliphatic rings. The van der Waals surface area contributed by atoms with Gasteiger partial charge in [-0.3, -0.25) is 19.0 Å². The molecule has 13 heteroatoms. The number of morpholine rings is 1. The van der Waals surface area contributed by atoms with Crippen LogP contribution in [0.15, 0.2) is 41.3 Å². The molecular weight excluding hydrogens is 560 g/mol. The van der Waals surface area contributed by atoms with Gasteiger partial charge in [-0.25, -0.2) is 13.2 Å². The van der Waals surface area contributed by atoms with E-state index in [0.717, 1.165) is 30.4 Å². The molecule has 4 rings (SSSR count). The van der Waals surface area contributed by atoms with Gasteiger partial charge in [-0.15, -0.1) is 0 Å². The van der Waals surface area contributed by atoms with Crippen molar-refractivity contribution in [1.29, 1.82) is 0 Å². The van der Waals surface area contributed by atoms with Crippen molar-refractivity contribution in [2.75, 3.05) is 59.5 Å². The summed E-state index contributed by atoms with van der Waals surface area (Å²) in [5.74, 6) is -0.409. The molecule has 2 N–H and O–H groups in total. The lowest BCUT2D eigenvalue weighted by atomic mass is 10.1. The molecule has 0 bridgehead atoms. The van der Waals surface area contributed by atoms with Crippen molar-refractivity contribution < 1.29 is 37.1 Å². The molecule has 2 amide bonds. The maximum absolute atomic E-state index is 13.6. The molecular formula is C27H38ClN4O7S+. The SMILES string of the molecule is CC[N+](C)(CCN1CCOCC1)C(=O)[C@H](C)N1CC[C@H](NS(=O)(=O)c2ccc3cc(Cl)ccc3c2)C1=O.O=CO. The first-order valence-electron chi connectivity index (χ1n) is 13.2. The number of nitrogens with one attached hydrogen (secondary N) is 1. The first kappa shape index (κ1) is 31.9. The second-order valence-corrected chi connectivity index (χ2v) is 12.3. The highest BCUT2D eigenvalue weighted by Crippen LogP contribution is 2.24. The number of rotatable bonds is 9. The third-order valence-electron chi connectivity index (χ3n) is 7.69. The van der Waals surface area contributed by atoms with Crippen LogP contribution in [0.2, 0.25) is 5.02 Å². The predicted octanol–water partition coefficient (Wildman–Crippen LogP) is 1.79. The number of ether oxygens (including phenoxy) is 1. The lowest BCUT2D eigenvalue weighted by Crippen LogP contribution is -2.60. The average molecular weight is 598 g/mol. The molecule has 0 aliphatic carbocycles. The number of carbonyl (C=O) groups excluding carboxylic acids is 2. The van der Waals surface area contributed by atoms with E-state index in [1.807, 2.05) is 14.0 Å². The third kappa shape index (κ3) is 7.56. The molecule has 3 atom stereocenters. The molecule has 2 saturated heterocycles. The quantitative estimate of drug-likeness (QED) is 0.330. The van der Waals surface area contributed by atoms with Crippen molar-refractivity contribution in [2.24, 2.45) is 0 Å². The maximum atomic E-state index is 13.6. The molecule has 1 unspecified atom stereocenters. The van der Waals surface area contributed by atoms with Crippen molar-refractivity contribution in [3.05, 3.63) is 41.4 Å². The van der Waals surface area contributed by atoms with Crippen LogP contribution in [0.4, 0.5) is 0 Å². The van der Waals surface area contributed by atoms with Gasteiger partial charge in [0, 0.05) is 31.2 Å². The summed E-state index contributed by atoms with van der Waals surface area (Å²) < 4.78 is 34.4. The minimum atomic E-state index is -3.94. The number of quaternary nitrogens is 1. The van der Waals surface area contributed by atoms with Crippen LogP contribution in [0.1, 0.15) is 20.3 Å². The number of likely N-dealkylation sites (tertiary alicyclic amines) is 1. The second kappa shape index (κ2) is 13.8. The van der Waals surface area contributed by atoms with Crippen LogP contribution in [-0.2, 0) is 29.1 Å². The van der Waals surface area contributed by atoms with Gasteiger partial charge in [-0.2, -0.15) is 4.72 Å². The van der Waals surface area contributed by atoms with E-state index < -0.39 is 22.1 Å². The fourth-order valence-electron chi connectivity index (χ4n) is 5.01. The van der Waals surface area contributed by atoms with Gasteiger partial charge in [-0.05, 0) is 55.3 Å². The van der Waals surface area contributed by atoms with Gasteiger partial charge in [0.2, 0.25) is 15.9 Å². The summed E-state index contributed by atoms with van der Waals surface area (Å²) in [7, 11) is -2.03. The second-order valence-electron chi connectivity index (χ2n) is 10.2. The van der Waals surface area contributed by atoms with Crippen molar-refractivity contribution in [3.8, 4) is 0 Å². The zero-order valence-electron chi connectivity index (χ0n) is 23.1. The Morgan fingerprint density at radius 3 is 2.48 bits per heavy atom. The Bertz CT molecular complexity index is 1320. The number of sulfonamides is 1. The van der Waals surface area contributed by atoms with Gasteiger partial charge in [0.15, 0.2) is 0 Å². The molecule has 2 aromatic carbocycles. The van der Waals surface area contributed by atoms with Crippen molar-refractivity contribution >= 4 is 50.7 Å². The van der Waals surface area contributed by atoms with Gasteiger partial charge in [0.25, 0.3) is 6.47 Å². The largest absolute Gasteiger partial charge is 0.483 e. The number of likely N-dealkylation sites (N-methyl/N-ethyl adjacent to an activating group) is 1. The third-order valence-corrected chi connectivity index (χ3v) is 9.39. The first-order chi connectivity index (χ1) is 19.0. The van der Waals surface area contributed by atoms with Crippen molar-refractivity contribution in [2.45, 2.75) is 37.2 Å². The Balaban J connectivity index is 0.00000141. The summed E-state index contributed by atoms with van der Waals surface area (Å²) in [5, 5.41) is 9.02. The number of hydrogen-bond acceptors (Lipinski definition) is 7. The van der Waals surface area contributed by atoms with E-state index in [2.05, 4.69) is 9.62 Å². The van der Waals surface area contributed by atoms with Crippen molar-refractivity contribution in [3.63, 3.8) is 0 Å². The molecule has 11 nitrogen and oxygen atoms in total. The minimum Gasteiger partial charge on any atom is -0.483 e. The number of carbonyl (C=O) groups is 3. The number of hydrogen-bond donors (Lipinski definition) is 2. The first-order valence-corrected chi connectivity index (χ1v) is 15.1. The summed E-state index contributed by atoms with van der Waals surface area (Å²) in [5.41, 5.74) is 0. The van der Waals surface area contributed by atoms with E-state index in [1.54, 1.807) is 37.3 Å². The van der Waals surface area contributed by atoms with Crippen LogP contribution in [0.3, 0.4) is 0 Å². The molecule has 2 heterocycles. The number of fused-ring (bicyclic) bond motifs is 1. The standard InChI is InChI=1S/C26H36ClN4O5S.CH2O2/c1-4-31(3,14-11-29-12-15-36-16-13-29)26(33)19(2)30-10-9-24(25(30)32)28-37(34,35)23-8-6-20-17-22(27)7-5-21(20)18-23;2-1-3/h5-8,17-19,24,28H,4,9-16H2,1-3H3;1H,(H,2,3)/q+1;/t19-,24-,31?;/m0./s1. The number of carboxylic acid groups (broad SMARTS) is 1. The Morgan fingerprint density at radius 1 is 1.20 bits per heavy atom. The molecule has 2 fully saturated rings. The van der Waals surface area contributed by atoms with E-state index in [9.17, 15) is 18.0 Å². The molecule has 0 saturated carbocycles. The van der Waals surface area contributed by atoms with Crippen molar-refractivity contribution in [1.82, 2.24) is 14.5 Å². The fraction of sp³-hybridized carbons (Fsp3) is 0.519. The van der Waals surface area contributed by atoms with Crippen LogP contribution in [0, 0.1) is 0 Å². The summed E-state index contributed by atoms with van der Waals surface area (Å²) >= 11 is 6.03.